The van der Waals surface area contributed by atoms with E-state index in [2.05, 4.69) is 9.97 Å². The molecule has 26 heavy (non-hydrogen) atoms. The number of amides is 1. The molecule has 0 saturated heterocycles. The van der Waals surface area contributed by atoms with Crippen LogP contribution in [0.1, 0.15) is 27.6 Å². The van der Waals surface area contributed by atoms with Crippen LogP contribution in [0.4, 0.5) is 0 Å². The van der Waals surface area contributed by atoms with Gasteiger partial charge >= 0.3 is 0 Å². The van der Waals surface area contributed by atoms with Gasteiger partial charge in [0.1, 0.15) is 5.82 Å². The summed E-state index contributed by atoms with van der Waals surface area (Å²) in [6.07, 6.45) is 0.457. The van der Waals surface area contributed by atoms with Crippen LogP contribution in [-0.4, -0.2) is 34.4 Å². The number of ether oxygens (including phenoxy) is 1. The van der Waals surface area contributed by atoms with Gasteiger partial charge in [-0.2, -0.15) is 0 Å². The van der Waals surface area contributed by atoms with Crippen LogP contribution in [0.15, 0.2) is 27.4 Å². The third-order valence-corrected chi connectivity index (χ3v) is 4.67. The summed E-state index contributed by atoms with van der Waals surface area (Å²) < 4.78 is 11.0. The molecule has 0 radical (unpaired) electrons. The van der Waals surface area contributed by atoms with Crippen molar-refractivity contribution >= 4 is 28.5 Å². The molecule has 0 bridgehead atoms. The van der Waals surface area contributed by atoms with E-state index in [-0.39, 0.29) is 23.8 Å². The molecule has 0 fully saturated rings. The van der Waals surface area contributed by atoms with Crippen molar-refractivity contribution in [2.45, 2.75) is 19.9 Å². The summed E-state index contributed by atoms with van der Waals surface area (Å²) in [4.78, 5) is 33.6. The number of aromatic amines is 1. The van der Waals surface area contributed by atoms with Gasteiger partial charge in [0.2, 0.25) is 0 Å². The van der Waals surface area contributed by atoms with E-state index >= 15 is 0 Å². The first kappa shape index (κ1) is 16.7. The number of methoxy groups -OCH3 is 1. The van der Waals surface area contributed by atoms with Gasteiger partial charge in [-0.05, 0) is 25.5 Å². The Labute approximate surface area is 153 Å². The first-order valence-corrected chi connectivity index (χ1v) is 8.49. The average molecular weight is 374 g/mol. The number of benzene rings is 1. The Balaban J connectivity index is 1.68. The van der Waals surface area contributed by atoms with Crippen molar-refractivity contribution in [2.24, 2.45) is 0 Å². The molecule has 1 amide bonds. The smallest absolute Gasteiger partial charge is 0.289 e. The van der Waals surface area contributed by atoms with Crippen LogP contribution in [0.25, 0.3) is 11.0 Å². The van der Waals surface area contributed by atoms with Crippen LogP contribution in [0, 0.1) is 6.92 Å². The fourth-order valence-corrected chi connectivity index (χ4v) is 3.45. The van der Waals surface area contributed by atoms with Gasteiger partial charge in [-0.3, -0.25) is 9.59 Å². The summed E-state index contributed by atoms with van der Waals surface area (Å²) in [5, 5.41) is 1.19. The Bertz CT molecular complexity index is 1090. The highest BCUT2D eigenvalue weighted by molar-refractivity contribution is 6.31. The lowest BCUT2D eigenvalue weighted by Crippen LogP contribution is -2.39. The summed E-state index contributed by atoms with van der Waals surface area (Å²) in [5.74, 6) is 0.945. The molecule has 1 aliphatic heterocycles. The topological polar surface area (TPSA) is 88.4 Å². The number of carbonyl (C=O) groups is 1. The second kappa shape index (κ2) is 6.17. The Morgan fingerprint density at radius 1 is 1.38 bits per heavy atom. The molecule has 0 atom stereocenters. The summed E-state index contributed by atoms with van der Waals surface area (Å²) in [7, 11) is 1.52. The number of aryl methyl sites for hydroxylation is 1. The first-order chi connectivity index (χ1) is 12.5. The summed E-state index contributed by atoms with van der Waals surface area (Å²) in [6.45, 7) is 2.42. The third kappa shape index (κ3) is 2.74. The standard InChI is InChI=1S/C18H16ClN3O4/c1-9-20-13-8-22(4-3-12(13)17(23)21-9)18(24)15-6-10-5-11(19)7-14(25-2)16(10)26-15/h5-7H,3-4,8H2,1-2H3,(H,20,21,23). The highest BCUT2D eigenvalue weighted by Gasteiger charge is 2.27. The third-order valence-electron chi connectivity index (χ3n) is 4.46. The number of carbonyl (C=O) groups excluding carboxylic acids is 1. The lowest BCUT2D eigenvalue weighted by Gasteiger charge is -2.26. The number of hydrogen-bond acceptors (Lipinski definition) is 5. The first-order valence-electron chi connectivity index (χ1n) is 8.11. The van der Waals surface area contributed by atoms with E-state index < -0.39 is 0 Å². The maximum absolute atomic E-state index is 12.9. The summed E-state index contributed by atoms with van der Waals surface area (Å²) >= 11 is 6.07. The van der Waals surface area contributed by atoms with Crippen molar-refractivity contribution in [2.75, 3.05) is 13.7 Å². The fraction of sp³-hybridized carbons (Fsp3) is 0.278. The number of hydrogen-bond donors (Lipinski definition) is 1. The van der Waals surface area contributed by atoms with E-state index in [9.17, 15) is 9.59 Å². The predicted octanol–water partition coefficient (Wildman–Crippen LogP) is 2.69. The second-order valence-electron chi connectivity index (χ2n) is 6.19. The van der Waals surface area contributed by atoms with Gasteiger partial charge in [-0.25, -0.2) is 4.98 Å². The number of fused-ring (bicyclic) bond motifs is 2. The Morgan fingerprint density at radius 3 is 2.96 bits per heavy atom. The molecule has 0 aliphatic carbocycles. The fourth-order valence-electron chi connectivity index (χ4n) is 3.24. The Hall–Kier alpha value is -2.80. The molecule has 0 spiro atoms. The Morgan fingerprint density at radius 2 is 2.19 bits per heavy atom. The number of aromatic nitrogens is 2. The number of furan rings is 1. The minimum atomic E-state index is -0.259. The molecule has 2 aromatic heterocycles. The van der Waals surface area contributed by atoms with E-state index in [1.54, 1.807) is 30.0 Å². The van der Waals surface area contributed by atoms with E-state index in [1.807, 2.05) is 0 Å². The minimum Gasteiger partial charge on any atom is -0.493 e. The van der Waals surface area contributed by atoms with Crippen molar-refractivity contribution in [1.29, 1.82) is 0 Å². The zero-order chi connectivity index (χ0) is 18.4. The number of nitrogens with one attached hydrogen (secondary N) is 1. The van der Waals surface area contributed by atoms with Crippen molar-refractivity contribution in [3.63, 3.8) is 0 Å². The predicted molar refractivity (Wildman–Crippen MR) is 95.8 cm³/mol. The summed E-state index contributed by atoms with van der Waals surface area (Å²) in [6, 6.07) is 5.01. The molecule has 3 aromatic rings. The number of halogens is 1. The van der Waals surface area contributed by atoms with E-state index in [0.29, 0.717) is 51.8 Å². The zero-order valence-electron chi connectivity index (χ0n) is 14.3. The minimum absolute atomic E-state index is 0.136. The van der Waals surface area contributed by atoms with Gasteiger partial charge in [0.25, 0.3) is 11.5 Å². The molecule has 0 saturated carbocycles. The zero-order valence-corrected chi connectivity index (χ0v) is 15.0. The van der Waals surface area contributed by atoms with E-state index in [1.165, 1.54) is 7.11 Å². The van der Waals surface area contributed by atoms with Gasteiger partial charge in [-0.1, -0.05) is 11.6 Å². The molecular formula is C18H16ClN3O4. The largest absolute Gasteiger partial charge is 0.493 e. The number of rotatable bonds is 2. The van der Waals surface area contributed by atoms with Gasteiger partial charge in [0.05, 0.1) is 19.3 Å². The van der Waals surface area contributed by atoms with Crippen LogP contribution < -0.4 is 10.3 Å². The van der Waals surface area contributed by atoms with Crippen molar-refractivity contribution in [1.82, 2.24) is 14.9 Å². The summed E-state index contributed by atoms with van der Waals surface area (Å²) in [5.41, 5.74) is 1.60. The van der Waals surface area contributed by atoms with Crippen LogP contribution in [0.2, 0.25) is 5.02 Å². The normalized spacial score (nSPS) is 13.7. The van der Waals surface area contributed by atoms with Crippen molar-refractivity contribution < 1.29 is 13.9 Å². The van der Waals surface area contributed by atoms with E-state index in [4.69, 9.17) is 20.8 Å². The average Bonchev–Trinajstić information content (AvgIpc) is 3.03. The molecule has 0 unspecified atom stereocenters. The molecule has 4 rings (SSSR count). The van der Waals surface area contributed by atoms with Gasteiger partial charge in [0.15, 0.2) is 17.1 Å². The quantitative estimate of drug-likeness (QED) is 0.746. The maximum atomic E-state index is 12.9. The molecule has 7 nitrogen and oxygen atoms in total. The second-order valence-corrected chi connectivity index (χ2v) is 6.63. The molecule has 1 aromatic carbocycles. The highest BCUT2D eigenvalue weighted by Crippen LogP contribution is 2.33. The van der Waals surface area contributed by atoms with Crippen LogP contribution >= 0.6 is 11.6 Å². The maximum Gasteiger partial charge on any atom is 0.289 e. The molecular weight excluding hydrogens is 358 g/mol. The lowest BCUT2D eigenvalue weighted by atomic mass is 10.1. The molecule has 3 heterocycles. The molecule has 8 heteroatoms. The molecule has 1 aliphatic rings. The van der Waals surface area contributed by atoms with Crippen LogP contribution in [-0.2, 0) is 13.0 Å². The number of nitrogens with zero attached hydrogens (tertiary/aromatic N) is 2. The van der Waals surface area contributed by atoms with Crippen LogP contribution in [0.3, 0.4) is 0 Å². The molecule has 134 valence electrons. The van der Waals surface area contributed by atoms with Crippen molar-refractivity contribution in [3.8, 4) is 5.75 Å². The number of H-pyrrole nitrogens is 1. The Kier molecular flexibility index (Phi) is 3.96. The SMILES string of the molecule is COc1cc(Cl)cc2cc(C(=O)N3CCc4c(nc(C)[nH]c4=O)C3)oc12. The molecule has 1 N–H and O–H groups in total. The van der Waals surface area contributed by atoms with Crippen molar-refractivity contribution in [3.05, 3.63) is 56.4 Å². The lowest BCUT2D eigenvalue weighted by molar-refractivity contribution is 0.0701. The monoisotopic (exact) mass is 373 g/mol. The van der Waals surface area contributed by atoms with Gasteiger partial charge < -0.3 is 19.0 Å². The van der Waals surface area contributed by atoms with Crippen LogP contribution in [0.5, 0.6) is 5.75 Å². The van der Waals surface area contributed by atoms with E-state index in [0.717, 1.165) is 0 Å². The van der Waals surface area contributed by atoms with Gasteiger partial charge in [-0.15, -0.1) is 0 Å². The van der Waals surface area contributed by atoms with Gasteiger partial charge in [0, 0.05) is 28.6 Å². The highest BCUT2D eigenvalue weighted by atomic mass is 35.5.